The molecule has 1 fully saturated rings. The van der Waals surface area contributed by atoms with E-state index in [1.807, 2.05) is 49.4 Å². The van der Waals surface area contributed by atoms with E-state index in [1.165, 1.54) is 4.31 Å². The second kappa shape index (κ2) is 7.28. The van der Waals surface area contributed by atoms with Crippen LogP contribution in [0.15, 0.2) is 60.7 Å². The molecular formula is C22H22N2O3S. The van der Waals surface area contributed by atoms with Crippen molar-refractivity contribution in [3.05, 3.63) is 71.8 Å². The predicted molar refractivity (Wildman–Crippen MR) is 113 cm³/mol. The predicted octanol–water partition coefficient (Wildman–Crippen LogP) is 4.33. The molecule has 0 aromatic heterocycles. The third-order valence-electron chi connectivity index (χ3n) is 5.10. The van der Waals surface area contributed by atoms with Crippen LogP contribution in [0.1, 0.15) is 28.8 Å². The van der Waals surface area contributed by atoms with Gasteiger partial charge in [-0.15, -0.1) is 0 Å². The van der Waals surface area contributed by atoms with Crippen molar-refractivity contribution < 1.29 is 13.2 Å². The molecule has 5 nitrogen and oxygen atoms in total. The number of amides is 1. The zero-order valence-corrected chi connectivity index (χ0v) is 16.5. The molecule has 144 valence electrons. The summed E-state index contributed by atoms with van der Waals surface area (Å²) in [7, 11) is -3.32. The second-order valence-corrected chi connectivity index (χ2v) is 9.13. The van der Waals surface area contributed by atoms with E-state index in [0.717, 1.165) is 22.8 Å². The molecule has 0 aliphatic carbocycles. The molecule has 3 aromatic rings. The van der Waals surface area contributed by atoms with E-state index < -0.39 is 10.0 Å². The number of nitrogens with zero attached hydrogens (tertiary/aromatic N) is 1. The maximum Gasteiger partial charge on any atom is 0.255 e. The first-order valence-corrected chi connectivity index (χ1v) is 11.0. The van der Waals surface area contributed by atoms with Gasteiger partial charge in [0.05, 0.1) is 11.4 Å². The van der Waals surface area contributed by atoms with Crippen LogP contribution in [0.3, 0.4) is 0 Å². The maximum atomic E-state index is 12.8. The van der Waals surface area contributed by atoms with Crippen molar-refractivity contribution in [2.24, 2.45) is 0 Å². The van der Waals surface area contributed by atoms with Gasteiger partial charge in [-0.25, -0.2) is 8.42 Å². The van der Waals surface area contributed by atoms with Crippen molar-refractivity contribution in [1.82, 2.24) is 0 Å². The zero-order chi connectivity index (χ0) is 19.7. The van der Waals surface area contributed by atoms with E-state index >= 15 is 0 Å². The summed E-state index contributed by atoms with van der Waals surface area (Å²) in [6.07, 6.45) is 1.51. The minimum Gasteiger partial charge on any atom is -0.322 e. The van der Waals surface area contributed by atoms with Crippen LogP contribution in [-0.2, 0) is 10.0 Å². The second-order valence-electron chi connectivity index (χ2n) is 7.11. The average molecular weight is 394 g/mol. The van der Waals surface area contributed by atoms with Crippen LogP contribution in [-0.4, -0.2) is 26.6 Å². The van der Waals surface area contributed by atoms with Gasteiger partial charge in [-0.2, -0.15) is 0 Å². The summed E-state index contributed by atoms with van der Waals surface area (Å²) in [5.74, 6) is -0.106. The van der Waals surface area contributed by atoms with Crippen molar-refractivity contribution >= 4 is 38.1 Å². The summed E-state index contributed by atoms with van der Waals surface area (Å²) in [6.45, 7) is 2.32. The highest BCUT2D eigenvalue weighted by molar-refractivity contribution is 7.92. The van der Waals surface area contributed by atoms with Gasteiger partial charge >= 0.3 is 0 Å². The molecule has 1 aliphatic rings. The van der Waals surface area contributed by atoms with Gasteiger partial charge in [0.2, 0.25) is 10.0 Å². The van der Waals surface area contributed by atoms with Gasteiger partial charge < -0.3 is 5.32 Å². The molecule has 0 bridgehead atoms. The van der Waals surface area contributed by atoms with Crippen molar-refractivity contribution in [3.63, 3.8) is 0 Å². The SMILES string of the molecule is Cc1ccc(C(=O)Nc2ccc3ccccc3c2)cc1N1CCCCS1(=O)=O. The van der Waals surface area contributed by atoms with E-state index in [2.05, 4.69) is 5.32 Å². The molecule has 1 amide bonds. The molecule has 0 saturated carbocycles. The summed E-state index contributed by atoms with van der Waals surface area (Å²) in [6, 6.07) is 18.9. The molecule has 0 unspecified atom stereocenters. The Hall–Kier alpha value is -2.86. The lowest BCUT2D eigenvalue weighted by atomic mass is 10.1. The van der Waals surface area contributed by atoms with E-state index in [-0.39, 0.29) is 11.7 Å². The molecular weight excluding hydrogens is 372 g/mol. The van der Waals surface area contributed by atoms with E-state index in [0.29, 0.717) is 29.9 Å². The first-order valence-electron chi connectivity index (χ1n) is 9.35. The Morgan fingerprint density at radius 1 is 0.964 bits per heavy atom. The molecule has 0 radical (unpaired) electrons. The molecule has 1 aliphatic heterocycles. The molecule has 0 spiro atoms. The van der Waals surface area contributed by atoms with Crippen LogP contribution in [0.4, 0.5) is 11.4 Å². The first kappa shape index (κ1) is 18.5. The number of anilines is 2. The number of hydrogen-bond donors (Lipinski definition) is 1. The van der Waals surface area contributed by atoms with Gasteiger partial charge in [0.1, 0.15) is 0 Å². The van der Waals surface area contributed by atoms with Gasteiger partial charge in [-0.3, -0.25) is 9.10 Å². The number of carbonyl (C=O) groups excluding carboxylic acids is 1. The Morgan fingerprint density at radius 3 is 2.54 bits per heavy atom. The smallest absolute Gasteiger partial charge is 0.255 e. The minimum atomic E-state index is -3.32. The lowest BCUT2D eigenvalue weighted by molar-refractivity contribution is 0.102. The Kier molecular flexibility index (Phi) is 4.81. The molecule has 0 atom stereocenters. The number of sulfonamides is 1. The van der Waals surface area contributed by atoms with Gasteiger partial charge in [-0.1, -0.05) is 36.4 Å². The molecule has 6 heteroatoms. The highest BCUT2D eigenvalue weighted by Crippen LogP contribution is 2.28. The van der Waals surface area contributed by atoms with Crippen LogP contribution in [0.25, 0.3) is 10.8 Å². The summed E-state index contributed by atoms with van der Waals surface area (Å²) in [5.41, 5.74) is 2.57. The highest BCUT2D eigenvalue weighted by Gasteiger charge is 2.27. The highest BCUT2D eigenvalue weighted by atomic mass is 32.2. The van der Waals surface area contributed by atoms with Crippen molar-refractivity contribution in [1.29, 1.82) is 0 Å². The molecule has 1 heterocycles. The van der Waals surface area contributed by atoms with Gasteiger partial charge in [0.15, 0.2) is 0 Å². The number of benzene rings is 3. The fourth-order valence-corrected chi connectivity index (χ4v) is 5.24. The maximum absolute atomic E-state index is 12.8. The summed E-state index contributed by atoms with van der Waals surface area (Å²) in [4.78, 5) is 12.8. The molecule has 1 N–H and O–H groups in total. The lowest BCUT2D eigenvalue weighted by Gasteiger charge is -2.29. The minimum absolute atomic E-state index is 0.153. The van der Waals surface area contributed by atoms with Crippen LogP contribution in [0.2, 0.25) is 0 Å². The number of hydrogen-bond acceptors (Lipinski definition) is 3. The average Bonchev–Trinajstić information content (AvgIpc) is 2.68. The van der Waals surface area contributed by atoms with Crippen molar-refractivity contribution in [3.8, 4) is 0 Å². The fraction of sp³-hybridized carbons (Fsp3) is 0.227. The van der Waals surface area contributed by atoms with Crippen molar-refractivity contribution in [2.45, 2.75) is 19.8 Å². The van der Waals surface area contributed by atoms with Gasteiger partial charge in [0.25, 0.3) is 5.91 Å². The third kappa shape index (κ3) is 3.60. The Balaban J connectivity index is 1.62. The number of rotatable bonds is 3. The fourth-order valence-electron chi connectivity index (χ4n) is 3.55. The molecule has 28 heavy (non-hydrogen) atoms. The van der Waals surface area contributed by atoms with E-state index in [1.54, 1.807) is 18.2 Å². The van der Waals surface area contributed by atoms with Gasteiger partial charge in [0, 0.05) is 17.8 Å². The molecule has 3 aromatic carbocycles. The topological polar surface area (TPSA) is 66.5 Å². The van der Waals surface area contributed by atoms with Crippen LogP contribution < -0.4 is 9.62 Å². The Labute approximate surface area is 165 Å². The van der Waals surface area contributed by atoms with Crippen molar-refractivity contribution in [2.75, 3.05) is 21.9 Å². The standard InChI is InChI=1S/C22H22N2O3S/c1-16-8-9-19(15-21(16)24-12-4-5-13-28(24,26)27)22(25)23-20-11-10-17-6-2-3-7-18(17)14-20/h2-3,6-11,14-15H,4-5,12-13H2,1H3,(H,23,25). The van der Waals surface area contributed by atoms with Crippen LogP contribution in [0.5, 0.6) is 0 Å². The Morgan fingerprint density at radius 2 is 1.75 bits per heavy atom. The zero-order valence-electron chi connectivity index (χ0n) is 15.7. The van der Waals surface area contributed by atoms with Crippen LogP contribution >= 0.6 is 0 Å². The van der Waals surface area contributed by atoms with Gasteiger partial charge in [-0.05, 0) is 60.4 Å². The molecule has 4 rings (SSSR count). The number of carbonyl (C=O) groups is 1. The Bertz CT molecular complexity index is 1160. The monoisotopic (exact) mass is 394 g/mol. The summed E-state index contributed by atoms with van der Waals surface area (Å²) < 4.78 is 26.4. The van der Waals surface area contributed by atoms with Crippen LogP contribution in [0, 0.1) is 6.92 Å². The number of nitrogens with one attached hydrogen (secondary N) is 1. The lowest BCUT2D eigenvalue weighted by Crippen LogP contribution is -2.38. The number of aryl methyl sites for hydroxylation is 1. The first-order chi connectivity index (χ1) is 13.4. The third-order valence-corrected chi connectivity index (χ3v) is 6.95. The number of fused-ring (bicyclic) bond motifs is 1. The quantitative estimate of drug-likeness (QED) is 0.719. The summed E-state index contributed by atoms with van der Waals surface area (Å²) in [5, 5.41) is 5.06. The van der Waals surface area contributed by atoms with E-state index in [4.69, 9.17) is 0 Å². The summed E-state index contributed by atoms with van der Waals surface area (Å²) >= 11 is 0. The molecule has 1 saturated heterocycles. The van der Waals surface area contributed by atoms with E-state index in [9.17, 15) is 13.2 Å². The largest absolute Gasteiger partial charge is 0.322 e. The normalized spacial score (nSPS) is 16.1.